The second-order valence-electron chi connectivity index (χ2n) is 7.33. The summed E-state index contributed by atoms with van der Waals surface area (Å²) in [4.78, 5) is 0.278. The van der Waals surface area contributed by atoms with Gasteiger partial charge < -0.3 is 14.2 Å². The van der Waals surface area contributed by atoms with Crippen LogP contribution in [-0.4, -0.2) is 28.4 Å². The zero-order valence-electron chi connectivity index (χ0n) is 18.2. The van der Waals surface area contributed by atoms with Gasteiger partial charge in [0.1, 0.15) is 23.0 Å². The Bertz CT molecular complexity index is 1340. The van der Waals surface area contributed by atoms with Crippen LogP contribution in [0.2, 0.25) is 0 Å². The summed E-state index contributed by atoms with van der Waals surface area (Å²) in [5.74, 6) is 2.89. The lowest BCUT2D eigenvalue weighted by Gasteiger charge is -2.16. The molecule has 164 valence electrons. The van der Waals surface area contributed by atoms with Crippen molar-refractivity contribution in [3.05, 3.63) is 78.9 Å². The molecule has 5 nitrogen and oxygen atoms in total. The highest BCUT2D eigenvalue weighted by Crippen LogP contribution is 2.41. The Morgan fingerprint density at radius 2 is 1.44 bits per heavy atom. The van der Waals surface area contributed by atoms with Crippen molar-refractivity contribution in [1.29, 1.82) is 0 Å². The van der Waals surface area contributed by atoms with Crippen LogP contribution in [0.4, 0.5) is 0 Å². The third kappa shape index (κ3) is 4.55. The number of hydrogen-bond donors (Lipinski definition) is 0. The molecule has 32 heavy (non-hydrogen) atoms. The van der Waals surface area contributed by atoms with E-state index in [1.165, 1.54) is 6.26 Å². The summed E-state index contributed by atoms with van der Waals surface area (Å²) < 4.78 is 41.0. The monoisotopic (exact) mass is 448 g/mol. The van der Waals surface area contributed by atoms with Crippen molar-refractivity contribution in [2.75, 3.05) is 20.0 Å². The lowest BCUT2D eigenvalue weighted by Crippen LogP contribution is -1.97. The van der Waals surface area contributed by atoms with Gasteiger partial charge in [-0.2, -0.15) is 0 Å². The van der Waals surface area contributed by atoms with E-state index in [0.29, 0.717) is 18.1 Å². The van der Waals surface area contributed by atoms with Gasteiger partial charge in [-0.15, -0.1) is 0 Å². The molecular formula is C26H24O5S. The zero-order valence-corrected chi connectivity index (χ0v) is 19.0. The molecule has 0 unspecified atom stereocenters. The van der Waals surface area contributed by atoms with Gasteiger partial charge in [0.15, 0.2) is 9.84 Å². The molecule has 0 bridgehead atoms. The molecule has 4 aromatic carbocycles. The molecule has 4 rings (SSSR count). The van der Waals surface area contributed by atoms with Crippen molar-refractivity contribution >= 4 is 20.6 Å². The maximum atomic E-state index is 11.9. The molecular weight excluding hydrogens is 424 g/mol. The highest BCUT2D eigenvalue weighted by Gasteiger charge is 2.15. The molecule has 4 aromatic rings. The Kier molecular flexibility index (Phi) is 6.06. The molecule has 0 N–H and O–H groups in total. The molecule has 0 saturated carbocycles. The van der Waals surface area contributed by atoms with Gasteiger partial charge in [-0.3, -0.25) is 0 Å². The molecule has 0 saturated heterocycles. The molecule has 0 atom stereocenters. The van der Waals surface area contributed by atoms with Crippen LogP contribution in [-0.2, 0) is 9.84 Å². The first kappa shape index (κ1) is 21.7. The highest BCUT2D eigenvalue weighted by molar-refractivity contribution is 7.90. The summed E-state index contributed by atoms with van der Waals surface area (Å²) in [7, 11) is -1.63. The topological polar surface area (TPSA) is 61.8 Å². The molecule has 0 aliphatic carbocycles. The van der Waals surface area contributed by atoms with E-state index < -0.39 is 9.84 Å². The van der Waals surface area contributed by atoms with E-state index in [1.807, 2.05) is 61.5 Å². The SMILES string of the molecule is CCOc1ccc(Oc2c(-c3ccc(S(C)(=O)=O)cc3)ccc3cc(OC)ccc23)cc1. The molecule has 0 aromatic heterocycles. The largest absolute Gasteiger partial charge is 0.497 e. The van der Waals surface area contributed by atoms with Crippen molar-refractivity contribution in [2.24, 2.45) is 0 Å². The van der Waals surface area contributed by atoms with Crippen molar-refractivity contribution in [3.8, 4) is 34.1 Å². The second kappa shape index (κ2) is 8.93. The molecule has 0 aliphatic heterocycles. The first-order valence-electron chi connectivity index (χ1n) is 10.2. The summed E-state index contributed by atoms with van der Waals surface area (Å²) in [5, 5.41) is 1.89. The third-order valence-corrected chi connectivity index (χ3v) is 6.25. The Hall–Kier alpha value is -3.51. The minimum absolute atomic E-state index is 0.278. The van der Waals surface area contributed by atoms with Crippen molar-refractivity contribution in [1.82, 2.24) is 0 Å². The highest BCUT2D eigenvalue weighted by atomic mass is 32.2. The van der Waals surface area contributed by atoms with E-state index in [4.69, 9.17) is 14.2 Å². The molecule has 0 fully saturated rings. The van der Waals surface area contributed by atoms with Gasteiger partial charge in [-0.1, -0.05) is 18.2 Å². The maximum Gasteiger partial charge on any atom is 0.175 e. The lowest BCUT2D eigenvalue weighted by atomic mass is 9.99. The summed E-state index contributed by atoms with van der Waals surface area (Å²) in [6, 6.07) is 24.1. The van der Waals surface area contributed by atoms with Gasteiger partial charge in [-0.25, -0.2) is 8.42 Å². The average Bonchev–Trinajstić information content (AvgIpc) is 2.80. The molecule has 0 heterocycles. The normalized spacial score (nSPS) is 11.3. The van der Waals surface area contributed by atoms with Crippen molar-refractivity contribution < 1.29 is 22.6 Å². The Balaban J connectivity index is 1.83. The summed E-state index contributed by atoms with van der Waals surface area (Å²) >= 11 is 0. The van der Waals surface area contributed by atoms with Crippen LogP contribution < -0.4 is 14.2 Å². The fourth-order valence-electron chi connectivity index (χ4n) is 3.51. The number of benzene rings is 4. The fraction of sp³-hybridized carbons (Fsp3) is 0.154. The van der Waals surface area contributed by atoms with Crippen molar-refractivity contribution in [2.45, 2.75) is 11.8 Å². The zero-order chi connectivity index (χ0) is 22.7. The van der Waals surface area contributed by atoms with Gasteiger partial charge in [0, 0.05) is 17.2 Å². The van der Waals surface area contributed by atoms with Gasteiger partial charge >= 0.3 is 0 Å². The number of fused-ring (bicyclic) bond motifs is 1. The third-order valence-electron chi connectivity index (χ3n) is 5.13. The van der Waals surface area contributed by atoms with Gasteiger partial charge in [0.2, 0.25) is 0 Å². The van der Waals surface area contributed by atoms with Gasteiger partial charge in [0.25, 0.3) is 0 Å². The average molecular weight is 449 g/mol. The summed E-state index contributed by atoms with van der Waals surface area (Å²) in [6.45, 7) is 2.54. The maximum absolute atomic E-state index is 11.9. The van der Waals surface area contributed by atoms with Crippen LogP contribution >= 0.6 is 0 Å². The Morgan fingerprint density at radius 1 is 0.781 bits per heavy atom. The van der Waals surface area contributed by atoms with E-state index >= 15 is 0 Å². The fourth-order valence-corrected chi connectivity index (χ4v) is 4.14. The minimum Gasteiger partial charge on any atom is -0.497 e. The second-order valence-corrected chi connectivity index (χ2v) is 9.35. The number of ether oxygens (including phenoxy) is 3. The molecule has 0 aliphatic rings. The minimum atomic E-state index is -3.27. The molecule has 0 spiro atoms. The summed E-state index contributed by atoms with van der Waals surface area (Å²) in [5.41, 5.74) is 1.72. The van der Waals surface area contributed by atoms with Crippen LogP contribution in [0.3, 0.4) is 0 Å². The van der Waals surface area contributed by atoms with E-state index in [0.717, 1.165) is 33.4 Å². The van der Waals surface area contributed by atoms with Crippen LogP contribution in [0.15, 0.2) is 83.8 Å². The number of methoxy groups -OCH3 is 1. The van der Waals surface area contributed by atoms with E-state index in [-0.39, 0.29) is 4.90 Å². The number of sulfone groups is 1. The predicted octanol–water partition coefficient (Wildman–Crippen LogP) is 6.11. The van der Waals surface area contributed by atoms with Crippen molar-refractivity contribution in [3.63, 3.8) is 0 Å². The Labute approximate surface area is 188 Å². The van der Waals surface area contributed by atoms with Gasteiger partial charge in [-0.05, 0) is 78.5 Å². The number of hydrogen-bond acceptors (Lipinski definition) is 5. The van der Waals surface area contributed by atoms with Crippen LogP contribution in [0.25, 0.3) is 21.9 Å². The van der Waals surface area contributed by atoms with E-state index in [9.17, 15) is 8.42 Å². The smallest absolute Gasteiger partial charge is 0.175 e. The Morgan fingerprint density at radius 3 is 2.06 bits per heavy atom. The molecule has 0 radical (unpaired) electrons. The first-order chi connectivity index (χ1) is 15.4. The predicted molar refractivity (Wildman–Crippen MR) is 127 cm³/mol. The van der Waals surface area contributed by atoms with Crippen LogP contribution in [0.1, 0.15) is 6.92 Å². The van der Waals surface area contributed by atoms with Crippen LogP contribution in [0, 0.1) is 0 Å². The van der Waals surface area contributed by atoms with E-state index in [2.05, 4.69) is 0 Å². The molecule has 6 heteroatoms. The van der Waals surface area contributed by atoms with E-state index in [1.54, 1.807) is 31.4 Å². The van der Waals surface area contributed by atoms with Crippen LogP contribution in [0.5, 0.6) is 23.0 Å². The quantitative estimate of drug-likeness (QED) is 0.341. The standard InChI is InChI=1S/C26H24O5S/c1-4-30-20-8-10-21(11-9-20)31-26-24(18-5-13-23(14-6-18)32(3,27)28)15-7-19-17-22(29-2)12-16-25(19)26/h5-17H,4H2,1-3H3. The van der Waals surface area contributed by atoms with Gasteiger partial charge in [0.05, 0.1) is 18.6 Å². The first-order valence-corrected chi connectivity index (χ1v) is 12.1. The molecule has 0 amide bonds. The number of rotatable bonds is 7. The summed E-state index contributed by atoms with van der Waals surface area (Å²) in [6.07, 6.45) is 1.20. The lowest BCUT2D eigenvalue weighted by molar-refractivity contribution is 0.339.